The summed E-state index contributed by atoms with van der Waals surface area (Å²) in [6, 6.07) is 6.92. The summed E-state index contributed by atoms with van der Waals surface area (Å²) in [4.78, 5) is 24.3. The molecule has 2 rings (SSSR count). The maximum atomic E-state index is 12.6. The van der Waals surface area contributed by atoms with Gasteiger partial charge in [-0.1, -0.05) is 6.07 Å². The van der Waals surface area contributed by atoms with E-state index >= 15 is 0 Å². The van der Waals surface area contributed by atoms with E-state index in [0.717, 1.165) is 0 Å². The Morgan fingerprint density at radius 3 is 2.42 bits per heavy atom. The highest BCUT2D eigenvalue weighted by Gasteiger charge is 2.36. The Morgan fingerprint density at radius 2 is 1.81 bits per heavy atom. The van der Waals surface area contributed by atoms with Gasteiger partial charge < -0.3 is 29.4 Å². The highest BCUT2D eigenvalue weighted by atomic mass is 16.6. The third-order valence-corrected chi connectivity index (χ3v) is 4.35. The van der Waals surface area contributed by atoms with Gasteiger partial charge in [0.2, 0.25) is 5.88 Å². The molecule has 1 heterocycles. The minimum Gasteiger partial charge on any atom is -0.490 e. The second-order valence-corrected chi connectivity index (χ2v) is 6.35. The van der Waals surface area contributed by atoms with E-state index in [-0.39, 0.29) is 42.6 Å². The van der Waals surface area contributed by atoms with E-state index in [1.807, 2.05) is 6.07 Å². The molecule has 0 saturated heterocycles. The van der Waals surface area contributed by atoms with Crippen LogP contribution in [-0.2, 0) is 23.8 Å². The first-order valence-electron chi connectivity index (χ1n) is 9.88. The molecular formula is C22H26N2O7. The number of nitriles is 1. The summed E-state index contributed by atoms with van der Waals surface area (Å²) >= 11 is 0. The molecule has 166 valence electrons. The van der Waals surface area contributed by atoms with Crippen molar-refractivity contribution in [1.82, 2.24) is 0 Å². The van der Waals surface area contributed by atoms with E-state index in [1.54, 1.807) is 45.9 Å². The Morgan fingerprint density at radius 1 is 1.10 bits per heavy atom. The predicted octanol–water partition coefficient (Wildman–Crippen LogP) is 2.67. The highest BCUT2D eigenvalue weighted by molar-refractivity contribution is 5.92. The van der Waals surface area contributed by atoms with Crippen LogP contribution in [-0.4, -0.2) is 38.4 Å². The average Bonchev–Trinajstić information content (AvgIpc) is 2.73. The Kier molecular flexibility index (Phi) is 8.32. The molecule has 0 spiro atoms. The largest absolute Gasteiger partial charge is 0.490 e. The van der Waals surface area contributed by atoms with Gasteiger partial charge in [0.25, 0.3) is 0 Å². The lowest BCUT2D eigenvalue weighted by molar-refractivity contribution is -0.145. The number of esters is 2. The maximum absolute atomic E-state index is 12.6. The number of hydrogen-bond acceptors (Lipinski definition) is 9. The molecule has 1 aliphatic rings. The van der Waals surface area contributed by atoms with Crippen molar-refractivity contribution in [2.24, 2.45) is 5.73 Å². The van der Waals surface area contributed by atoms with Gasteiger partial charge in [-0.3, -0.25) is 0 Å². The quantitative estimate of drug-likeness (QED) is 0.588. The van der Waals surface area contributed by atoms with Crippen LogP contribution in [0.15, 0.2) is 41.0 Å². The van der Waals surface area contributed by atoms with Crippen molar-refractivity contribution in [3.05, 3.63) is 46.6 Å². The zero-order valence-corrected chi connectivity index (χ0v) is 18.0. The summed E-state index contributed by atoms with van der Waals surface area (Å²) in [5.41, 5.74) is 6.73. The van der Waals surface area contributed by atoms with Crippen LogP contribution < -0.4 is 15.2 Å². The first-order chi connectivity index (χ1) is 14.9. The van der Waals surface area contributed by atoms with Crippen LogP contribution in [0, 0.1) is 11.3 Å². The number of ether oxygens (including phenoxy) is 5. The van der Waals surface area contributed by atoms with E-state index in [1.165, 1.54) is 0 Å². The van der Waals surface area contributed by atoms with Gasteiger partial charge in [-0.2, -0.15) is 5.26 Å². The van der Waals surface area contributed by atoms with Gasteiger partial charge in [0, 0.05) is 0 Å². The third-order valence-electron chi connectivity index (χ3n) is 4.35. The monoisotopic (exact) mass is 430 g/mol. The van der Waals surface area contributed by atoms with Gasteiger partial charge in [0.05, 0.1) is 31.3 Å². The minimum absolute atomic E-state index is 0.0799. The minimum atomic E-state index is -0.809. The Hall–Kier alpha value is -3.67. The fraction of sp³-hybridized carbons (Fsp3) is 0.409. The number of hydrogen-bond donors (Lipinski definition) is 1. The number of rotatable bonds is 9. The summed E-state index contributed by atoms with van der Waals surface area (Å²) in [6.07, 6.45) is 0. The molecule has 2 N–H and O–H groups in total. The molecule has 1 unspecified atom stereocenters. The van der Waals surface area contributed by atoms with Crippen molar-refractivity contribution in [1.29, 1.82) is 5.26 Å². The van der Waals surface area contributed by atoms with Gasteiger partial charge in [-0.25, -0.2) is 9.59 Å². The Balaban J connectivity index is 2.50. The zero-order chi connectivity index (χ0) is 23.0. The summed E-state index contributed by atoms with van der Waals surface area (Å²) in [6.45, 7) is 7.22. The van der Waals surface area contributed by atoms with E-state index in [2.05, 4.69) is 0 Å². The van der Waals surface area contributed by atoms with Crippen LogP contribution >= 0.6 is 0 Å². The third kappa shape index (κ3) is 5.48. The van der Waals surface area contributed by atoms with Gasteiger partial charge in [-0.15, -0.1) is 0 Å². The Labute approximate surface area is 181 Å². The lowest BCUT2D eigenvalue weighted by Crippen LogP contribution is -2.25. The van der Waals surface area contributed by atoms with E-state index in [9.17, 15) is 14.9 Å². The molecule has 0 saturated carbocycles. The number of allylic oxidation sites excluding steroid dienone is 2. The fourth-order valence-electron chi connectivity index (χ4n) is 3.12. The lowest BCUT2D eigenvalue weighted by atomic mass is 9.83. The number of carbonyl (C=O) groups excluding carboxylic acids is 2. The molecule has 1 aromatic carbocycles. The van der Waals surface area contributed by atoms with Crippen molar-refractivity contribution >= 4 is 11.9 Å². The molecule has 9 nitrogen and oxygen atoms in total. The summed E-state index contributed by atoms with van der Waals surface area (Å²) in [5.74, 6) is -1.10. The van der Waals surface area contributed by atoms with Crippen LogP contribution in [0.25, 0.3) is 0 Å². The average molecular weight is 430 g/mol. The zero-order valence-electron chi connectivity index (χ0n) is 18.0. The molecular weight excluding hydrogens is 404 g/mol. The second-order valence-electron chi connectivity index (χ2n) is 6.35. The summed E-state index contributed by atoms with van der Waals surface area (Å²) < 4.78 is 26.6. The van der Waals surface area contributed by atoms with Crippen molar-refractivity contribution in [3.63, 3.8) is 0 Å². The maximum Gasteiger partial charge on any atom is 0.344 e. The summed E-state index contributed by atoms with van der Waals surface area (Å²) in [7, 11) is 0. The molecule has 9 heteroatoms. The molecule has 31 heavy (non-hydrogen) atoms. The highest BCUT2D eigenvalue weighted by Crippen LogP contribution is 2.42. The molecule has 0 amide bonds. The van der Waals surface area contributed by atoms with E-state index in [0.29, 0.717) is 23.7 Å². The van der Waals surface area contributed by atoms with E-state index in [4.69, 9.17) is 29.4 Å². The first kappa shape index (κ1) is 23.6. The van der Waals surface area contributed by atoms with Crippen molar-refractivity contribution in [2.75, 3.05) is 26.4 Å². The number of nitrogens with two attached hydrogens (primary N) is 1. The molecule has 0 aliphatic carbocycles. The van der Waals surface area contributed by atoms with Crippen molar-refractivity contribution in [2.45, 2.75) is 33.6 Å². The van der Waals surface area contributed by atoms with Crippen molar-refractivity contribution < 1.29 is 33.3 Å². The van der Waals surface area contributed by atoms with Crippen LogP contribution in [0.1, 0.15) is 39.2 Å². The van der Waals surface area contributed by atoms with E-state index < -0.39 is 17.9 Å². The molecule has 0 fully saturated rings. The standard InChI is InChI=1S/C22H26N2O7/c1-5-27-17-10-14(8-9-16(17)30-12-18(25)28-6-2)20-15(11-23)21(24)31-13(4)19(20)22(26)29-7-3/h8-10,20H,5-7,12,24H2,1-4H3. The number of carbonyl (C=O) groups is 2. The van der Waals surface area contributed by atoms with Crippen molar-refractivity contribution in [3.8, 4) is 17.6 Å². The Bertz CT molecular complexity index is 944. The molecule has 0 aromatic heterocycles. The fourth-order valence-corrected chi connectivity index (χ4v) is 3.12. The second kappa shape index (κ2) is 10.9. The lowest BCUT2D eigenvalue weighted by Gasteiger charge is -2.27. The molecule has 1 atom stereocenters. The van der Waals surface area contributed by atoms with Crippen LogP contribution in [0.4, 0.5) is 0 Å². The topological polar surface area (TPSA) is 130 Å². The van der Waals surface area contributed by atoms with Gasteiger partial charge in [-0.05, 0) is 45.4 Å². The first-order valence-corrected chi connectivity index (χ1v) is 9.88. The van der Waals surface area contributed by atoms with Gasteiger partial charge in [0.1, 0.15) is 17.4 Å². The number of benzene rings is 1. The van der Waals surface area contributed by atoms with Gasteiger partial charge >= 0.3 is 11.9 Å². The SMILES string of the molecule is CCOC(=O)COc1ccc(C2C(C#N)=C(N)OC(C)=C2C(=O)OCC)cc1OCC. The molecule has 0 radical (unpaired) electrons. The van der Waals surface area contributed by atoms with Gasteiger partial charge in [0.15, 0.2) is 18.1 Å². The van der Waals surface area contributed by atoms with Crippen LogP contribution in [0.3, 0.4) is 0 Å². The molecule has 1 aromatic rings. The summed E-state index contributed by atoms with van der Waals surface area (Å²) in [5, 5.41) is 9.68. The number of nitrogens with zero attached hydrogens (tertiary/aromatic N) is 1. The normalized spacial score (nSPS) is 15.6. The van der Waals surface area contributed by atoms with Crippen LogP contribution in [0.2, 0.25) is 0 Å². The smallest absolute Gasteiger partial charge is 0.344 e. The molecule has 0 bridgehead atoms. The molecule has 1 aliphatic heterocycles. The predicted molar refractivity (Wildman–Crippen MR) is 110 cm³/mol. The van der Waals surface area contributed by atoms with Crippen LogP contribution in [0.5, 0.6) is 11.5 Å².